The fraction of sp³-hybridized carbons (Fsp3) is 0.360. The van der Waals surface area contributed by atoms with Crippen molar-refractivity contribution in [1.82, 2.24) is 15.1 Å². The Morgan fingerprint density at radius 3 is 2.37 bits per heavy atom. The van der Waals surface area contributed by atoms with Gasteiger partial charge in [-0.15, -0.1) is 0 Å². The molecule has 0 spiro atoms. The molecule has 1 aliphatic heterocycles. The highest BCUT2D eigenvalue weighted by Crippen LogP contribution is 2.32. The van der Waals surface area contributed by atoms with E-state index in [1.54, 1.807) is 11.1 Å². The standard InChI is InChI=1S/C25H31N3O2/c1-4-27(5-2)18-22-12-7-6-11-21(22)17-26-25(30)16-24-23-13-9-8-10-20(23)14-15-28(24)19(3)29/h6-15,24H,4-5,16-18H2,1-3H3,(H,26,30). The zero-order valence-corrected chi connectivity index (χ0v) is 18.1. The minimum Gasteiger partial charge on any atom is -0.352 e. The van der Waals surface area contributed by atoms with Gasteiger partial charge in [0.05, 0.1) is 12.5 Å². The molecule has 1 atom stereocenters. The van der Waals surface area contributed by atoms with Crippen LogP contribution in [-0.4, -0.2) is 34.7 Å². The van der Waals surface area contributed by atoms with Gasteiger partial charge in [0, 0.05) is 26.2 Å². The molecule has 1 N–H and O–H groups in total. The third-order valence-electron chi connectivity index (χ3n) is 5.73. The minimum absolute atomic E-state index is 0.0611. The summed E-state index contributed by atoms with van der Waals surface area (Å²) in [6.07, 6.45) is 3.94. The highest BCUT2D eigenvalue weighted by Gasteiger charge is 2.28. The Hall–Kier alpha value is -2.92. The van der Waals surface area contributed by atoms with Crippen molar-refractivity contribution in [3.8, 4) is 0 Å². The van der Waals surface area contributed by atoms with Gasteiger partial charge in [-0.25, -0.2) is 0 Å². The van der Waals surface area contributed by atoms with Crippen LogP contribution in [-0.2, 0) is 22.7 Å². The molecule has 0 saturated heterocycles. The molecule has 1 heterocycles. The first-order valence-corrected chi connectivity index (χ1v) is 10.6. The Labute approximate surface area is 179 Å². The van der Waals surface area contributed by atoms with E-state index in [0.29, 0.717) is 6.54 Å². The van der Waals surface area contributed by atoms with Gasteiger partial charge in [0.1, 0.15) is 0 Å². The van der Waals surface area contributed by atoms with Gasteiger partial charge in [-0.3, -0.25) is 14.5 Å². The van der Waals surface area contributed by atoms with Crippen molar-refractivity contribution >= 4 is 17.9 Å². The Balaban J connectivity index is 1.69. The number of amides is 2. The molecule has 2 amide bonds. The summed E-state index contributed by atoms with van der Waals surface area (Å²) in [4.78, 5) is 29.0. The van der Waals surface area contributed by atoms with Crippen LogP contribution in [0.1, 0.15) is 55.5 Å². The van der Waals surface area contributed by atoms with Crippen molar-refractivity contribution in [3.63, 3.8) is 0 Å². The summed E-state index contributed by atoms with van der Waals surface area (Å²) < 4.78 is 0. The summed E-state index contributed by atoms with van der Waals surface area (Å²) in [5.74, 6) is -0.128. The number of rotatable bonds is 8. The number of carbonyl (C=O) groups excluding carboxylic acids is 2. The van der Waals surface area contributed by atoms with Crippen LogP contribution in [0.25, 0.3) is 6.08 Å². The predicted molar refractivity (Wildman–Crippen MR) is 120 cm³/mol. The van der Waals surface area contributed by atoms with Crippen molar-refractivity contribution < 1.29 is 9.59 Å². The number of nitrogens with one attached hydrogen (secondary N) is 1. The molecular weight excluding hydrogens is 374 g/mol. The Bertz CT molecular complexity index is 918. The topological polar surface area (TPSA) is 52.7 Å². The number of hydrogen-bond donors (Lipinski definition) is 1. The smallest absolute Gasteiger partial charge is 0.223 e. The van der Waals surface area contributed by atoms with E-state index in [4.69, 9.17) is 0 Å². The molecule has 0 aromatic heterocycles. The molecule has 2 aromatic rings. The predicted octanol–water partition coefficient (Wildman–Crippen LogP) is 4.11. The summed E-state index contributed by atoms with van der Waals surface area (Å²) in [6.45, 7) is 9.20. The Morgan fingerprint density at radius 2 is 1.67 bits per heavy atom. The molecule has 158 valence electrons. The van der Waals surface area contributed by atoms with Crippen LogP contribution < -0.4 is 5.32 Å². The maximum Gasteiger partial charge on any atom is 0.223 e. The number of carbonyl (C=O) groups is 2. The summed E-state index contributed by atoms with van der Waals surface area (Å²) in [7, 11) is 0. The van der Waals surface area contributed by atoms with E-state index in [9.17, 15) is 9.59 Å². The van der Waals surface area contributed by atoms with Crippen molar-refractivity contribution in [2.24, 2.45) is 0 Å². The average molecular weight is 406 g/mol. The van der Waals surface area contributed by atoms with Crippen LogP contribution in [0, 0.1) is 0 Å². The second-order valence-corrected chi connectivity index (χ2v) is 7.60. The Morgan fingerprint density at radius 1 is 1.00 bits per heavy atom. The van der Waals surface area contributed by atoms with Crippen molar-refractivity contribution in [3.05, 3.63) is 77.0 Å². The molecule has 0 fully saturated rings. The van der Waals surface area contributed by atoms with Gasteiger partial charge in [0.15, 0.2) is 0 Å². The average Bonchev–Trinajstić information content (AvgIpc) is 2.76. The zero-order chi connectivity index (χ0) is 21.5. The summed E-state index contributed by atoms with van der Waals surface area (Å²) in [5.41, 5.74) is 4.42. The fourth-order valence-corrected chi connectivity index (χ4v) is 3.93. The second-order valence-electron chi connectivity index (χ2n) is 7.60. The molecule has 0 saturated carbocycles. The van der Waals surface area contributed by atoms with Crippen LogP contribution in [0.2, 0.25) is 0 Å². The lowest BCUT2D eigenvalue weighted by molar-refractivity contribution is -0.130. The van der Waals surface area contributed by atoms with Gasteiger partial charge in [-0.2, -0.15) is 0 Å². The van der Waals surface area contributed by atoms with E-state index < -0.39 is 0 Å². The van der Waals surface area contributed by atoms with E-state index in [2.05, 4.69) is 36.2 Å². The first-order chi connectivity index (χ1) is 14.5. The normalized spacial score (nSPS) is 15.2. The minimum atomic E-state index is -0.283. The molecular formula is C25H31N3O2. The number of benzene rings is 2. The molecule has 0 aliphatic carbocycles. The van der Waals surface area contributed by atoms with Gasteiger partial charge in [0.2, 0.25) is 11.8 Å². The first-order valence-electron chi connectivity index (χ1n) is 10.6. The summed E-state index contributed by atoms with van der Waals surface area (Å²) in [6, 6.07) is 15.9. The van der Waals surface area contributed by atoms with E-state index >= 15 is 0 Å². The van der Waals surface area contributed by atoms with Gasteiger partial charge < -0.3 is 10.2 Å². The third kappa shape index (κ3) is 5.16. The van der Waals surface area contributed by atoms with Gasteiger partial charge in [0.25, 0.3) is 0 Å². The monoisotopic (exact) mass is 405 g/mol. The summed E-state index contributed by atoms with van der Waals surface area (Å²) in [5, 5.41) is 3.07. The van der Waals surface area contributed by atoms with Gasteiger partial charge in [-0.1, -0.05) is 62.4 Å². The van der Waals surface area contributed by atoms with E-state index in [1.165, 1.54) is 12.5 Å². The molecule has 3 rings (SSSR count). The van der Waals surface area contributed by atoms with Crippen LogP contribution >= 0.6 is 0 Å². The largest absolute Gasteiger partial charge is 0.352 e. The van der Waals surface area contributed by atoms with Crippen LogP contribution in [0.3, 0.4) is 0 Å². The van der Waals surface area contributed by atoms with Crippen molar-refractivity contribution in [2.75, 3.05) is 13.1 Å². The van der Waals surface area contributed by atoms with Crippen LogP contribution in [0.5, 0.6) is 0 Å². The second kappa shape index (κ2) is 10.2. The fourth-order valence-electron chi connectivity index (χ4n) is 3.93. The molecule has 0 bridgehead atoms. The molecule has 1 unspecified atom stereocenters. The Kier molecular flexibility index (Phi) is 7.41. The molecule has 30 heavy (non-hydrogen) atoms. The lowest BCUT2D eigenvalue weighted by Gasteiger charge is -2.32. The molecule has 0 radical (unpaired) electrons. The van der Waals surface area contributed by atoms with E-state index in [1.807, 2.05) is 42.5 Å². The summed E-state index contributed by atoms with van der Waals surface area (Å²) >= 11 is 0. The van der Waals surface area contributed by atoms with Crippen LogP contribution in [0.15, 0.2) is 54.7 Å². The molecule has 2 aromatic carbocycles. The highest BCUT2D eigenvalue weighted by molar-refractivity contribution is 5.81. The number of fused-ring (bicyclic) bond motifs is 1. The maximum atomic E-state index is 12.8. The zero-order valence-electron chi connectivity index (χ0n) is 18.1. The lowest BCUT2D eigenvalue weighted by atomic mass is 9.93. The lowest BCUT2D eigenvalue weighted by Crippen LogP contribution is -2.35. The number of nitrogens with zero attached hydrogens (tertiary/aromatic N) is 2. The van der Waals surface area contributed by atoms with Crippen molar-refractivity contribution in [2.45, 2.75) is 46.3 Å². The van der Waals surface area contributed by atoms with E-state index in [0.717, 1.165) is 36.3 Å². The quantitative estimate of drug-likeness (QED) is 0.719. The van der Waals surface area contributed by atoms with Gasteiger partial charge in [-0.05, 0) is 41.4 Å². The van der Waals surface area contributed by atoms with Gasteiger partial charge >= 0.3 is 0 Å². The van der Waals surface area contributed by atoms with E-state index in [-0.39, 0.29) is 24.3 Å². The van der Waals surface area contributed by atoms with Crippen molar-refractivity contribution in [1.29, 1.82) is 0 Å². The molecule has 5 nitrogen and oxygen atoms in total. The van der Waals surface area contributed by atoms with Crippen LogP contribution in [0.4, 0.5) is 0 Å². The first kappa shape index (κ1) is 21.8. The molecule has 1 aliphatic rings. The third-order valence-corrected chi connectivity index (χ3v) is 5.73. The highest BCUT2D eigenvalue weighted by atomic mass is 16.2. The molecule has 5 heteroatoms. The maximum absolute atomic E-state index is 12.8. The number of hydrogen-bond acceptors (Lipinski definition) is 3. The SMILES string of the molecule is CCN(CC)Cc1ccccc1CNC(=O)CC1c2ccccc2C=CN1C(C)=O.